The molecule has 0 aliphatic carbocycles. The molecule has 2 aromatic rings. The molecular weight excluding hydrogens is 339 g/mol. The highest BCUT2D eigenvalue weighted by atomic mass is 32.2. The van der Waals surface area contributed by atoms with E-state index in [1.807, 2.05) is 31.2 Å². The van der Waals surface area contributed by atoms with E-state index < -0.39 is 22.2 Å². The van der Waals surface area contributed by atoms with Gasteiger partial charge in [-0.2, -0.15) is 21.4 Å². The van der Waals surface area contributed by atoms with Crippen LogP contribution in [0.5, 0.6) is 0 Å². The number of rotatable bonds is 3. The molecule has 0 saturated heterocycles. The fraction of sp³-hybridized carbons (Fsp3) is 0.133. The fourth-order valence-electron chi connectivity index (χ4n) is 1.57. The highest BCUT2D eigenvalue weighted by Crippen LogP contribution is 2.37. The average Bonchev–Trinajstić information content (AvgIpc) is 2.48. The number of alkyl halides is 3. The minimum Gasteiger partial charge on any atom is -0.192 e. The van der Waals surface area contributed by atoms with Crippen molar-refractivity contribution in [3.8, 4) is 0 Å². The molecule has 0 spiro atoms. The van der Waals surface area contributed by atoms with Gasteiger partial charge in [0, 0.05) is 14.7 Å². The highest BCUT2D eigenvalue weighted by Gasteiger charge is 2.38. The van der Waals surface area contributed by atoms with Gasteiger partial charge in [-0.15, -0.1) is 0 Å². The smallest absolute Gasteiger partial charge is 0.192 e. The van der Waals surface area contributed by atoms with Crippen LogP contribution in [0.1, 0.15) is 5.56 Å². The average molecular weight is 350 g/mol. The lowest BCUT2D eigenvalue weighted by molar-refractivity contribution is -0.0644. The van der Waals surface area contributed by atoms with E-state index in [1.165, 1.54) is 36.0 Å². The molecule has 118 valence electrons. The third-order valence-corrected chi connectivity index (χ3v) is 4.92. The minimum atomic E-state index is -5.27. The second kappa shape index (κ2) is 6.83. The summed E-state index contributed by atoms with van der Waals surface area (Å²) in [6.45, 7) is 1.96. The van der Waals surface area contributed by atoms with E-state index in [9.17, 15) is 21.4 Å². The third-order valence-electron chi connectivity index (χ3n) is 2.67. The van der Waals surface area contributed by atoms with Crippen LogP contribution >= 0.6 is 22.6 Å². The first-order chi connectivity index (χ1) is 10.3. The molecule has 1 unspecified atom stereocenters. The van der Waals surface area contributed by atoms with Crippen molar-refractivity contribution >= 4 is 27.8 Å². The van der Waals surface area contributed by atoms with Gasteiger partial charge in [0.2, 0.25) is 0 Å². The van der Waals surface area contributed by atoms with Crippen molar-refractivity contribution in [2.75, 3.05) is 0 Å². The first kappa shape index (κ1) is 17.0. The van der Waals surface area contributed by atoms with Crippen LogP contribution in [0.3, 0.4) is 0 Å². The Hall–Kier alpha value is -1.34. The maximum Gasteiger partial charge on any atom is 0.451 e. The van der Waals surface area contributed by atoms with Crippen LogP contribution in [0, 0.1) is 6.92 Å². The summed E-state index contributed by atoms with van der Waals surface area (Å²) in [5.41, 5.74) is 1.11. The minimum absolute atomic E-state index is 0.330. The third kappa shape index (κ3) is 4.33. The predicted molar refractivity (Wildman–Crippen MR) is 80.9 cm³/mol. The van der Waals surface area contributed by atoms with Crippen molar-refractivity contribution in [2.24, 2.45) is 0 Å². The molecule has 0 bridgehead atoms. The zero-order valence-corrected chi connectivity index (χ0v) is 13.0. The van der Waals surface area contributed by atoms with E-state index in [2.05, 4.69) is 0 Å². The molecular formula is C15H11F5S2. The summed E-state index contributed by atoms with van der Waals surface area (Å²) >= 11 is 1.39. The Balaban J connectivity index is 2.19. The number of benzene rings is 2. The van der Waals surface area contributed by atoms with Gasteiger partial charge in [-0.25, -0.2) is 0 Å². The van der Waals surface area contributed by atoms with Crippen molar-refractivity contribution in [3.05, 3.63) is 54.1 Å². The van der Waals surface area contributed by atoms with E-state index >= 15 is 0 Å². The largest absolute Gasteiger partial charge is 0.451 e. The molecule has 0 radical (unpaired) electrons. The van der Waals surface area contributed by atoms with Gasteiger partial charge >= 0.3 is 6.18 Å². The fourth-order valence-corrected chi connectivity index (χ4v) is 3.18. The molecule has 0 aromatic heterocycles. The second-order valence-corrected chi connectivity index (χ2v) is 6.90. The van der Waals surface area contributed by atoms with Crippen LogP contribution in [0.2, 0.25) is 0 Å². The summed E-state index contributed by atoms with van der Waals surface area (Å²) in [5, 5.41) is -2.61. The quantitative estimate of drug-likeness (QED) is 0.355. The second-order valence-electron chi connectivity index (χ2n) is 4.41. The Morgan fingerprint density at radius 3 is 1.82 bits per heavy atom. The summed E-state index contributed by atoms with van der Waals surface area (Å²) in [5.74, 6) is 0. The number of hydrogen-bond donors (Lipinski definition) is 0. The topological polar surface area (TPSA) is 0 Å². The molecule has 0 fully saturated rings. The maximum atomic E-state index is 13.5. The summed E-state index contributed by atoms with van der Waals surface area (Å²) in [4.78, 5) is 1.35. The number of aryl methyl sites for hydroxylation is 1. The maximum absolute atomic E-state index is 13.5. The summed E-state index contributed by atoms with van der Waals surface area (Å²) in [6.07, 6.45) is -5.27. The van der Waals surface area contributed by atoms with Crippen LogP contribution in [0.15, 0.2) is 63.2 Å². The summed E-state index contributed by atoms with van der Waals surface area (Å²) in [7, 11) is -3.09. The summed E-state index contributed by atoms with van der Waals surface area (Å²) in [6, 6.07) is 13.0. The van der Waals surface area contributed by atoms with E-state index in [0.29, 0.717) is 0 Å². The molecule has 22 heavy (non-hydrogen) atoms. The van der Waals surface area contributed by atoms with Gasteiger partial charge in [0.05, 0.1) is 10.9 Å². The number of halogens is 5. The van der Waals surface area contributed by atoms with Crippen molar-refractivity contribution in [1.82, 2.24) is 0 Å². The lowest BCUT2D eigenvalue weighted by Gasteiger charge is -2.07. The number of hydrogen-bond acceptors (Lipinski definition) is 1. The van der Waals surface area contributed by atoms with Gasteiger partial charge in [0.1, 0.15) is 0 Å². The van der Waals surface area contributed by atoms with Gasteiger partial charge in [-0.3, -0.25) is 0 Å². The predicted octanol–water partition coefficient (Wildman–Crippen LogP) is 6.32. The molecule has 0 heterocycles. The molecule has 1 atom stereocenters. The van der Waals surface area contributed by atoms with E-state index in [1.54, 1.807) is 0 Å². The van der Waals surface area contributed by atoms with Crippen LogP contribution in [0.4, 0.5) is 21.4 Å². The lowest BCUT2D eigenvalue weighted by atomic mass is 10.2. The molecule has 0 aliphatic rings. The van der Waals surface area contributed by atoms with Crippen molar-refractivity contribution in [3.63, 3.8) is 0 Å². The highest BCUT2D eigenvalue weighted by molar-refractivity contribution is 8.11. The van der Waals surface area contributed by atoms with Crippen LogP contribution < -0.4 is 0 Å². The van der Waals surface area contributed by atoms with Crippen molar-refractivity contribution in [2.45, 2.75) is 27.8 Å². The zero-order chi connectivity index (χ0) is 16.3. The van der Waals surface area contributed by atoms with Gasteiger partial charge in [-0.05, 0) is 43.3 Å². The van der Waals surface area contributed by atoms with Gasteiger partial charge < -0.3 is 0 Å². The van der Waals surface area contributed by atoms with Gasteiger partial charge in [0.15, 0.2) is 0 Å². The van der Waals surface area contributed by atoms with Gasteiger partial charge in [-0.1, -0.05) is 29.5 Å². The first-order valence-corrected chi connectivity index (χ1v) is 8.06. The van der Waals surface area contributed by atoms with Crippen LogP contribution in [0.25, 0.3) is 0 Å². The Bertz CT molecular complexity index is 673. The van der Waals surface area contributed by atoms with Crippen LogP contribution in [-0.2, 0) is 0 Å². The van der Waals surface area contributed by atoms with Gasteiger partial charge in [0.25, 0.3) is 5.12 Å². The molecule has 0 aliphatic heterocycles. The van der Waals surface area contributed by atoms with Crippen LogP contribution in [-0.4, -0.2) is 11.3 Å². The molecule has 0 N–H and O–H groups in total. The molecule has 0 nitrogen and oxygen atoms in total. The molecule has 2 aromatic carbocycles. The Kier molecular flexibility index (Phi) is 5.28. The Labute approximate surface area is 131 Å². The van der Waals surface area contributed by atoms with Crippen molar-refractivity contribution < 1.29 is 21.4 Å². The van der Waals surface area contributed by atoms with E-state index in [-0.39, 0.29) is 4.90 Å². The summed E-state index contributed by atoms with van der Waals surface area (Å²) < 4.78 is 62.8. The lowest BCUT2D eigenvalue weighted by Crippen LogP contribution is -2.17. The Morgan fingerprint density at radius 2 is 1.36 bits per heavy atom. The molecule has 2 rings (SSSR count). The standard InChI is InChI=1S/C15H11F5S2/c1-10-2-4-11(5-3-10)21-12-6-8-13(9-7-12)22(20)14(16)15(17,18)19/h2-9H,1H3. The van der Waals surface area contributed by atoms with E-state index in [0.717, 1.165) is 15.4 Å². The normalized spacial score (nSPS) is 13.8. The van der Waals surface area contributed by atoms with Crippen molar-refractivity contribution in [1.29, 1.82) is 0 Å². The first-order valence-electron chi connectivity index (χ1n) is 6.12. The van der Waals surface area contributed by atoms with E-state index in [4.69, 9.17) is 0 Å². The SMILES string of the molecule is Cc1ccc(Sc2ccc(/S(F)=C(/F)C(F)(F)F)cc2)cc1. The monoisotopic (exact) mass is 350 g/mol. The Morgan fingerprint density at radius 1 is 0.909 bits per heavy atom. The molecule has 7 heteroatoms. The molecule has 0 saturated carbocycles. The zero-order valence-electron chi connectivity index (χ0n) is 11.3. The molecule has 0 amide bonds.